The van der Waals surface area contributed by atoms with Gasteiger partial charge in [-0.1, -0.05) is 37.6 Å². The molecule has 1 aromatic carbocycles. The SMILES string of the molecule is CCCCOC(=O)C(CC(C)C(=O)OC)Cn1nnc2ccccc21. The average molecular weight is 347 g/mol. The van der Waals surface area contributed by atoms with Crippen LogP contribution in [-0.2, 0) is 25.6 Å². The number of methoxy groups -OCH3 is 1. The van der Waals surface area contributed by atoms with Crippen molar-refractivity contribution in [2.75, 3.05) is 13.7 Å². The van der Waals surface area contributed by atoms with Crippen molar-refractivity contribution < 1.29 is 19.1 Å². The molecule has 0 saturated heterocycles. The summed E-state index contributed by atoms with van der Waals surface area (Å²) in [4.78, 5) is 24.2. The van der Waals surface area contributed by atoms with Crippen molar-refractivity contribution in [3.8, 4) is 0 Å². The van der Waals surface area contributed by atoms with Crippen molar-refractivity contribution in [2.45, 2.75) is 39.7 Å². The van der Waals surface area contributed by atoms with E-state index in [1.54, 1.807) is 11.6 Å². The standard InChI is InChI=1S/C18H25N3O4/c1-4-5-10-25-18(23)14(11-13(2)17(22)24-3)12-21-16-9-7-6-8-15(16)19-20-21/h6-9,13-14H,4-5,10-12H2,1-3H3. The lowest BCUT2D eigenvalue weighted by Crippen LogP contribution is -2.28. The number of para-hydroxylation sites is 1. The smallest absolute Gasteiger partial charge is 0.310 e. The predicted molar refractivity (Wildman–Crippen MR) is 92.7 cm³/mol. The molecule has 0 saturated carbocycles. The molecule has 2 rings (SSSR count). The number of benzene rings is 1. The Kier molecular flexibility index (Phi) is 6.91. The zero-order chi connectivity index (χ0) is 18.2. The summed E-state index contributed by atoms with van der Waals surface area (Å²) in [6, 6.07) is 7.55. The van der Waals surface area contributed by atoms with Gasteiger partial charge in [0.2, 0.25) is 0 Å². The lowest BCUT2D eigenvalue weighted by molar-refractivity contribution is -0.151. The van der Waals surface area contributed by atoms with Crippen LogP contribution in [0.25, 0.3) is 11.0 Å². The Morgan fingerprint density at radius 2 is 2.00 bits per heavy atom. The molecule has 7 heteroatoms. The molecule has 25 heavy (non-hydrogen) atoms. The number of unbranched alkanes of at least 4 members (excludes halogenated alkanes) is 1. The Morgan fingerprint density at radius 3 is 2.72 bits per heavy atom. The second-order valence-corrected chi connectivity index (χ2v) is 6.14. The van der Waals surface area contributed by atoms with Crippen LogP contribution in [0.2, 0.25) is 0 Å². The molecule has 0 aliphatic heterocycles. The third-order valence-electron chi connectivity index (χ3n) is 4.13. The highest BCUT2D eigenvalue weighted by Gasteiger charge is 2.27. The lowest BCUT2D eigenvalue weighted by atomic mass is 9.95. The van der Waals surface area contributed by atoms with E-state index in [0.717, 1.165) is 23.9 Å². The summed E-state index contributed by atoms with van der Waals surface area (Å²) in [5.74, 6) is -1.54. The third kappa shape index (κ3) is 5.01. The topological polar surface area (TPSA) is 83.3 Å². The fourth-order valence-electron chi connectivity index (χ4n) is 2.67. The van der Waals surface area contributed by atoms with Gasteiger partial charge in [-0.05, 0) is 25.0 Å². The van der Waals surface area contributed by atoms with Gasteiger partial charge in [-0.15, -0.1) is 5.10 Å². The lowest BCUT2D eigenvalue weighted by Gasteiger charge is -2.19. The van der Waals surface area contributed by atoms with E-state index < -0.39 is 11.8 Å². The number of carbonyl (C=O) groups excluding carboxylic acids is 2. The minimum Gasteiger partial charge on any atom is -0.469 e. The van der Waals surface area contributed by atoms with Crippen LogP contribution in [0.15, 0.2) is 24.3 Å². The molecule has 136 valence electrons. The van der Waals surface area contributed by atoms with Gasteiger partial charge in [0.1, 0.15) is 5.52 Å². The number of aromatic nitrogens is 3. The number of nitrogens with zero attached hydrogens (tertiary/aromatic N) is 3. The van der Waals surface area contributed by atoms with Crippen molar-refractivity contribution in [1.82, 2.24) is 15.0 Å². The van der Waals surface area contributed by atoms with Crippen molar-refractivity contribution in [2.24, 2.45) is 11.8 Å². The van der Waals surface area contributed by atoms with Gasteiger partial charge >= 0.3 is 11.9 Å². The molecule has 0 bridgehead atoms. The maximum atomic E-state index is 12.5. The Hall–Kier alpha value is -2.44. The van der Waals surface area contributed by atoms with E-state index in [0.29, 0.717) is 19.6 Å². The first-order valence-corrected chi connectivity index (χ1v) is 8.59. The van der Waals surface area contributed by atoms with E-state index in [-0.39, 0.29) is 11.9 Å². The number of hydrogen-bond donors (Lipinski definition) is 0. The number of ether oxygens (including phenoxy) is 2. The number of esters is 2. The van der Waals surface area contributed by atoms with Gasteiger partial charge in [0, 0.05) is 0 Å². The minimum atomic E-state index is -0.490. The van der Waals surface area contributed by atoms with E-state index >= 15 is 0 Å². The first-order valence-electron chi connectivity index (χ1n) is 8.59. The molecule has 1 heterocycles. The maximum absolute atomic E-state index is 12.5. The van der Waals surface area contributed by atoms with Gasteiger partial charge in [0.15, 0.2) is 0 Å². The van der Waals surface area contributed by atoms with Crippen molar-refractivity contribution in [3.63, 3.8) is 0 Å². The van der Waals surface area contributed by atoms with Crippen molar-refractivity contribution in [1.29, 1.82) is 0 Å². The Morgan fingerprint density at radius 1 is 1.24 bits per heavy atom. The molecule has 0 radical (unpaired) electrons. The molecular weight excluding hydrogens is 322 g/mol. The first kappa shape index (κ1) is 18.9. The zero-order valence-corrected chi connectivity index (χ0v) is 15.0. The summed E-state index contributed by atoms with van der Waals surface area (Å²) in [7, 11) is 1.35. The van der Waals surface area contributed by atoms with Crippen LogP contribution in [0, 0.1) is 11.8 Å². The summed E-state index contributed by atoms with van der Waals surface area (Å²) in [5, 5.41) is 8.24. The molecule has 0 N–H and O–H groups in total. The van der Waals surface area contributed by atoms with Gasteiger partial charge in [-0.3, -0.25) is 9.59 Å². The van der Waals surface area contributed by atoms with Crippen molar-refractivity contribution >= 4 is 23.0 Å². The van der Waals surface area contributed by atoms with Gasteiger partial charge in [0.25, 0.3) is 0 Å². The molecule has 1 aromatic heterocycles. The summed E-state index contributed by atoms with van der Waals surface area (Å²) in [6.45, 7) is 4.48. The Labute approximate surface area is 147 Å². The second kappa shape index (κ2) is 9.15. The summed E-state index contributed by atoms with van der Waals surface area (Å²) < 4.78 is 11.8. The fraction of sp³-hybridized carbons (Fsp3) is 0.556. The van der Waals surface area contributed by atoms with Crippen LogP contribution in [0.3, 0.4) is 0 Å². The molecule has 2 aromatic rings. The molecule has 7 nitrogen and oxygen atoms in total. The molecule has 0 aliphatic carbocycles. The summed E-state index contributed by atoms with van der Waals surface area (Å²) >= 11 is 0. The van der Waals surface area contributed by atoms with Gasteiger partial charge in [0.05, 0.1) is 37.6 Å². The Balaban J connectivity index is 2.15. The monoisotopic (exact) mass is 347 g/mol. The van der Waals surface area contributed by atoms with E-state index in [1.807, 2.05) is 31.2 Å². The number of carbonyl (C=O) groups is 2. The van der Waals surface area contributed by atoms with Gasteiger partial charge < -0.3 is 9.47 Å². The molecule has 0 fully saturated rings. The minimum absolute atomic E-state index is 0.312. The van der Waals surface area contributed by atoms with E-state index in [1.165, 1.54) is 7.11 Å². The molecule has 0 aliphatic rings. The van der Waals surface area contributed by atoms with Crippen LogP contribution < -0.4 is 0 Å². The number of rotatable bonds is 9. The Bertz CT molecular complexity index is 713. The number of hydrogen-bond acceptors (Lipinski definition) is 6. The highest BCUT2D eigenvalue weighted by atomic mass is 16.5. The molecule has 2 atom stereocenters. The molecule has 2 unspecified atom stereocenters. The molecule has 0 amide bonds. The fourth-order valence-corrected chi connectivity index (χ4v) is 2.67. The first-order chi connectivity index (χ1) is 12.1. The maximum Gasteiger partial charge on any atom is 0.310 e. The largest absolute Gasteiger partial charge is 0.469 e. The van der Waals surface area contributed by atoms with Crippen molar-refractivity contribution in [3.05, 3.63) is 24.3 Å². The van der Waals surface area contributed by atoms with Crippen LogP contribution in [0.5, 0.6) is 0 Å². The molecule has 0 spiro atoms. The van der Waals surface area contributed by atoms with Crippen LogP contribution in [0.4, 0.5) is 0 Å². The van der Waals surface area contributed by atoms with E-state index in [4.69, 9.17) is 9.47 Å². The zero-order valence-electron chi connectivity index (χ0n) is 15.0. The van der Waals surface area contributed by atoms with Crippen LogP contribution in [0.1, 0.15) is 33.1 Å². The van der Waals surface area contributed by atoms with Crippen LogP contribution >= 0.6 is 0 Å². The van der Waals surface area contributed by atoms with Gasteiger partial charge in [-0.2, -0.15) is 0 Å². The van der Waals surface area contributed by atoms with E-state index in [2.05, 4.69) is 10.3 Å². The summed E-state index contributed by atoms with van der Waals surface area (Å²) in [6.07, 6.45) is 2.10. The summed E-state index contributed by atoms with van der Waals surface area (Å²) in [5.41, 5.74) is 1.61. The highest BCUT2D eigenvalue weighted by Crippen LogP contribution is 2.20. The third-order valence-corrected chi connectivity index (χ3v) is 4.13. The highest BCUT2D eigenvalue weighted by molar-refractivity contribution is 5.77. The van der Waals surface area contributed by atoms with Gasteiger partial charge in [-0.25, -0.2) is 4.68 Å². The normalized spacial score (nSPS) is 13.4. The van der Waals surface area contributed by atoms with E-state index in [9.17, 15) is 9.59 Å². The number of fused-ring (bicyclic) bond motifs is 1. The molecular formula is C18H25N3O4. The second-order valence-electron chi connectivity index (χ2n) is 6.14. The quantitative estimate of drug-likeness (QED) is 0.512. The van der Waals surface area contributed by atoms with Crippen LogP contribution in [-0.4, -0.2) is 40.6 Å². The predicted octanol–water partition coefficient (Wildman–Crippen LogP) is 2.59. The average Bonchev–Trinajstić information content (AvgIpc) is 3.03.